The number of methoxy groups -OCH3 is 3. The summed E-state index contributed by atoms with van der Waals surface area (Å²) < 4.78 is 15.7. The molecule has 12 heteroatoms. The summed E-state index contributed by atoms with van der Waals surface area (Å²) in [5, 5.41) is 31.2. The Kier molecular flexibility index (Phi) is 8.60. The summed E-state index contributed by atoms with van der Waals surface area (Å²) in [6.07, 6.45) is 3.09. The lowest BCUT2D eigenvalue weighted by Gasteiger charge is -2.12. The second-order valence-electron chi connectivity index (χ2n) is 7.89. The summed E-state index contributed by atoms with van der Waals surface area (Å²) in [6.45, 7) is 0. The Morgan fingerprint density at radius 1 is 0.667 bits per heavy atom. The summed E-state index contributed by atoms with van der Waals surface area (Å²) in [7, 11) is 4.53. The van der Waals surface area contributed by atoms with Gasteiger partial charge in [-0.2, -0.15) is 20.2 Å². The smallest absolute Gasteiger partial charge is 0.247 e. The molecule has 0 atom stereocenters. The van der Waals surface area contributed by atoms with Crippen molar-refractivity contribution in [2.75, 3.05) is 37.5 Å². The molecule has 0 bridgehead atoms. The standard InChI is InChI=1S/C27H27N7O5/c1-37-22-7-5-4-6-19(22)30-25-14-26(33-28-15-17-8-10-20(35)23(12-17)38-2)32-27(31-25)34-29-16-18-9-11-21(36)24(13-18)39-3/h4-16,35-36H,1-3H3,(H3,30,31,32,33,34). The number of hydrazone groups is 2. The summed E-state index contributed by atoms with van der Waals surface area (Å²) in [5.74, 6) is 2.36. The van der Waals surface area contributed by atoms with Crippen LogP contribution in [0, 0.1) is 0 Å². The maximum atomic E-state index is 9.79. The zero-order valence-corrected chi connectivity index (χ0v) is 21.4. The molecule has 4 rings (SSSR count). The van der Waals surface area contributed by atoms with Gasteiger partial charge in [0.1, 0.15) is 11.6 Å². The van der Waals surface area contributed by atoms with E-state index in [4.69, 9.17) is 14.2 Å². The van der Waals surface area contributed by atoms with Gasteiger partial charge in [0, 0.05) is 6.07 Å². The molecule has 4 aromatic rings. The lowest BCUT2D eigenvalue weighted by atomic mass is 10.2. The first-order valence-electron chi connectivity index (χ1n) is 11.6. The molecule has 12 nitrogen and oxygen atoms in total. The second-order valence-corrected chi connectivity index (χ2v) is 7.89. The lowest BCUT2D eigenvalue weighted by Crippen LogP contribution is -2.04. The van der Waals surface area contributed by atoms with E-state index < -0.39 is 0 Å². The zero-order valence-electron chi connectivity index (χ0n) is 21.4. The highest BCUT2D eigenvalue weighted by atomic mass is 16.5. The van der Waals surface area contributed by atoms with E-state index in [0.29, 0.717) is 45.7 Å². The molecule has 3 aromatic carbocycles. The van der Waals surface area contributed by atoms with E-state index in [9.17, 15) is 10.2 Å². The molecule has 0 unspecified atom stereocenters. The molecule has 0 fully saturated rings. The number of aromatic hydroxyl groups is 2. The van der Waals surface area contributed by atoms with Crippen molar-refractivity contribution in [2.45, 2.75) is 0 Å². The summed E-state index contributed by atoms with van der Waals surface area (Å²) in [5.41, 5.74) is 7.77. The number of nitrogens with zero attached hydrogens (tertiary/aromatic N) is 4. The van der Waals surface area contributed by atoms with Crippen molar-refractivity contribution < 1.29 is 24.4 Å². The van der Waals surface area contributed by atoms with Gasteiger partial charge in [-0.1, -0.05) is 12.1 Å². The fourth-order valence-corrected chi connectivity index (χ4v) is 3.39. The van der Waals surface area contributed by atoms with Gasteiger partial charge in [-0.05, 0) is 59.7 Å². The van der Waals surface area contributed by atoms with Crippen LogP contribution < -0.4 is 30.4 Å². The molecule has 0 amide bonds. The van der Waals surface area contributed by atoms with Crippen LogP contribution in [0.1, 0.15) is 11.1 Å². The number of nitrogens with one attached hydrogen (secondary N) is 3. The molecule has 0 saturated carbocycles. The van der Waals surface area contributed by atoms with Crippen LogP contribution in [0.3, 0.4) is 0 Å². The number of aromatic nitrogens is 2. The maximum absolute atomic E-state index is 9.79. The monoisotopic (exact) mass is 529 g/mol. The third-order valence-corrected chi connectivity index (χ3v) is 5.27. The Morgan fingerprint density at radius 2 is 1.23 bits per heavy atom. The molecule has 1 heterocycles. The van der Waals surface area contributed by atoms with Crippen LogP contribution in [0.25, 0.3) is 0 Å². The average molecular weight is 530 g/mol. The minimum atomic E-state index is 0.0306. The molecule has 1 aromatic heterocycles. The third kappa shape index (κ3) is 7.04. The van der Waals surface area contributed by atoms with Crippen molar-refractivity contribution in [3.8, 4) is 28.7 Å². The quantitative estimate of drug-likeness (QED) is 0.138. The predicted octanol–water partition coefficient (Wildman–Crippen LogP) is 4.55. The van der Waals surface area contributed by atoms with Gasteiger partial charge in [0.05, 0.1) is 39.4 Å². The topological polar surface area (TPSA) is 155 Å². The highest BCUT2D eigenvalue weighted by molar-refractivity contribution is 5.82. The molecular weight excluding hydrogens is 502 g/mol. The Hall–Kier alpha value is -5.52. The second kappa shape index (κ2) is 12.6. The molecule has 0 radical (unpaired) electrons. The Morgan fingerprint density at radius 3 is 1.85 bits per heavy atom. The summed E-state index contributed by atoms with van der Waals surface area (Å²) >= 11 is 0. The van der Waals surface area contributed by atoms with Gasteiger partial charge >= 0.3 is 0 Å². The fourth-order valence-electron chi connectivity index (χ4n) is 3.39. The van der Waals surface area contributed by atoms with Crippen molar-refractivity contribution in [1.82, 2.24) is 9.97 Å². The molecule has 200 valence electrons. The van der Waals surface area contributed by atoms with Gasteiger partial charge in [-0.3, -0.25) is 5.43 Å². The molecule has 0 aliphatic carbocycles. The number of para-hydroxylation sites is 2. The molecule has 39 heavy (non-hydrogen) atoms. The van der Waals surface area contributed by atoms with Gasteiger partial charge < -0.3 is 29.7 Å². The van der Waals surface area contributed by atoms with Crippen LogP contribution in [0.15, 0.2) is 76.9 Å². The Bertz CT molecular complexity index is 1410. The molecule has 0 saturated heterocycles. The summed E-state index contributed by atoms with van der Waals surface area (Å²) in [6, 6.07) is 18.8. The van der Waals surface area contributed by atoms with E-state index in [0.717, 1.165) is 0 Å². The van der Waals surface area contributed by atoms with Crippen LogP contribution in [-0.2, 0) is 0 Å². The van der Waals surface area contributed by atoms with Crippen molar-refractivity contribution in [3.63, 3.8) is 0 Å². The number of benzene rings is 3. The Balaban J connectivity index is 1.57. The van der Waals surface area contributed by atoms with E-state index in [1.165, 1.54) is 32.6 Å². The zero-order chi connectivity index (χ0) is 27.6. The minimum Gasteiger partial charge on any atom is -0.504 e. The number of phenols is 2. The SMILES string of the molecule is COc1cc(C=NNc2cc(Nc3ccccc3OC)nc(NN=Cc3ccc(O)c(OC)c3)n2)ccc1O. The number of hydrogen-bond acceptors (Lipinski definition) is 12. The molecular formula is C27H27N7O5. The number of anilines is 4. The molecule has 5 N–H and O–H groups in total. The van der Waals surface area contributed by atoms with Crippen LogP contribution in [-0.4, -0.2) is 53.9 Å². The first-order chi connectivity index (χ1) is 19.0. The van der Waals surface area contributed by atoms with Gasteiger partial charge in [0.2, 0.25) is 5.95 Å². The van der Waals surface area contributed by atoms with Gasteiger partial charge in [0.15, 0.2) is 28.8 Å². The van der Waals surface area contributed by atoms with E-state index in [2.05, 4.69) is 36.3 Å². The Labute approximate surface area is 224 Å². The van der Waals surface area contributed by atoms with Crippen molar-refractivity contribution in [1.29, 1.82) is 0 Å². The minimum absolute atomic E-state index is 0.0306. The van der Waals surface area contributed by atoms with Gasteiger partial charge in [-0.15, -0.1) is 0 Å². The first kappa shape index (κ1) is 26.5. The van der Waals surface area contributed by atoms with Gasteiger partial charge in [0.25, 0.3) is 0 Å². The van der Waals surface area contributed by atoms with E-state index >= 15 is 0 Å². The third-order valence-electron chi connectivity index (χ3n) is 5.27. The van der Waals surface area contributed by atoms with E-state index in [1.54, 1.807) is 43.7 Å². The number of ether oxygens (including phenoxy) is 3. The first-order valence-corrected chi connectivity index (χ1v) is 11.6. The largest absolute Gasteiger partial charge is 0.504 e. The van der Waals surface area contributed by atoms with Crippen molar-refractivity contribution >= 4 is 35.7 Å². The number of hydrogen-bond donors (Lipinski definition) is 5. The molecule has 0 spiro atoms. The predicted molar refractivity (Wildman–Crippen MR) is 150 cm³/mol. The van der Waals surface area contributed by atoms with Crippen LogP contribution >= 0.6 is 0 Å². The average Bonchev–Trinajstić information content (AvgIpc) is 2.95. The van der Waals surface area contributed by atoms with Crippen LogP contribution in [0.2, 0.25) is 0 Å². The van der Waals surface area contributed by atoms with Gasteiger partial charge in [-0.25, -0.2) is 5.43 Å². The van der Waals surface area contributed by atoms with Crippen LogP contribution in [0.4, 0.5) is 23.3 Å². The van der Waals surface area contributed by atoms with E-state index in [-0.39, 0.29) is 17.4 Å². The van der Waals surface area contributed by atoms with E-state index in [1.807, 2.05) is 24.3 Å². The number of rotatable bonds is 11. The lowest BCUT2D eigenvalue weighted by molar-refractivity contribution is 0.373. The maximum Gasteiger partial charge on any atom is 0.247 e. The molecule has 0 aliphatic heterocycles. The van der Waals surface area contributed by atoms with Crippen molar-refractivity contribution in [3.05, 3.63) is 77.9 Å². The summed E-state index contributed by atoms with van der Waals surface area (Å²) in [4.78, 5) is 8.89. The fraction of sp³-hybridized carbons (Fsp3) is 0.111. The number of phenolic OH excluding ortho intramolecular Hbond substituents is 2. The highest BCUT2D eigenvalue weighted by Crippen LogP contribution is 2.28. The van der Waals surface area contributed by atoms with Crippen LogP contribution in [0.5, 0.6) is 28.7 Å². The highest BCUT2D eigenvalue weighted by Gasteiger charge is 2.08. The normalized spacial score (nSPS) is 10.9. The van der Waals surface area contributed by atoms with Crippen molar-refractivity contribution in [2.24, 2.45) is 10.2 Å². The molecule has 0 aliphatic rings.